The zero-order chi connectivity index (χ0) is 9.68. The van der Waals surface area contributed by atoms with Gasteiger partial charge in [-0.2, -0.15) is 0 Å². The van der Waals surface area contributed by atoms with Crippen LogP contribution in [0.15, 0.2) is 23.2 Å². The van der Waals surface area contributed by atoms with Crippen molar-refractivity contribution in [1.82, 2.24) is 0 Å². The molecule has 0 aliphatic rings. The Kier molecular flexibility index (Phi) is 3.71. The Morgan fingerprint density at radius 3 is 3.00 bits per heavy atom. The second-order valence-electron chi connectivity index (χ2n) is 2.29. The summed E-state index contributed by atoms with van der Waals surface area (Å²) in [6, 6.07) is 4.23. The van der Waals surface area contributed by atoms with Gasteiger partial charge in [-0.15, -0.1) is 0 Å². The molecule has 0 radical (unpaired) electrons. The predicted molar refractivity (Wildman–Crippen MR) is 51.2 cm³/mol. The van der Waals surface area contributed by atoms with Gasteiger partial charge in [0.05, 0.1) is 17.3 Å². The number of ether oxygens (including phenoxy) is 1. The van der Waals surface area contributed by atoms with Gasteiger partial charge in [-0.3, -0.25) is 0 Å². The van der Waals surface area contributed by atoms with Crippen LogP contribution in [0.4, 0.5) is 10.1 Å². The molecule has 0 fully saturated rings. The molecule has 0 unspecified atom stereocenters. The summed E-state index contributed by atoms with van der Waals surface area (Å²) in [7, 11) is 0. The monoisotopic (exact) mass is 201 g/mol. The average molecular weight is 202 g/mol. The highest BCUT2D eigenvalue weighted by Gasteiger charge is 1.98. The molecule has 0 amide bonds. The van der Waals surface area contributed by atoms with Gasteiger partial charge in [0.25, 0.3) is 0 Å². The molecule has 0 spiro atoms. The molecule has 0 saturated heterocycles. The van der Waals surface area contributed by atoms with Gasteiger partial charge in [0.2, 0.25) is 0 Å². The summed E-state index contributed by atoms with van der Waals surface area (Å²) in [5.41, 5.74) is 0.569. The first kappa shape index (κ1) is 9.99. The molecule has 70 valence electrons. The number of nitrogens with zero attached hydrogens (tertiary/aromatic N) is 1. The lowest BCUT2D eigenvalue weighted by Crippen LogP contribution is -1.83. The van der Waals surface area contributed by atoms with Gasteiger partial charge in [-0.05, 0) is 25.1 Å². The third-order valence-corrected chi connectivity index (χ3v) is 1.64. The molecule has 1 aromatic carbocycles. The molecule has 0 atom stereocenters. The maximum atomic E-state index is 12.7. The van der Waals surface area contributed by atoms with Gasteiger partial charge in [0.15, 0.2) is 6.40 Å². The smallest absolute Gasteiger partial charge is 0.174 e. The molecule has 4 heteroatoms. The van der Waals surface area contributed by atoms with Crippen LogP contribution in [0, 0.1) is 5.82 Å². The number of hydrogen-bond acceptors (Lipinski definition) is 2. The lowest BCUT2D eigenvalue weighted by Gasteiger charge is -1.96. The molecule has 13 heavy (non-hydrogen) atoms. The normalized spacial score (nSPS) is 10.7. The Morgan fingerprint density at radius 1 is 1.62 bits per heavy atom. The van der Waals surface area contributed by atoms with Crippen LogP contribution in [0.3, 0.4) is 0 Å². The summed E-state index contributed by atoms with van der Waals surface area (Å²) < 4.78 is 17.6. The molecular weight excluding hydrogens is 193 g/mol. The van der Waals surface area contributed by atoms with E-state index in [4.69, 9.17) is 16.3 Å². The van der Waals surface area contributed by atoms with Crippen molar-refractivity contribution in [3.05, 3.63) is 29.0 Å². The van der Waals surface area contributed by atoms with E-state index in [1.807, 2.05) is 6.92 Å². The second-order valence-corrected chi connectivity index (χ2v) is 2.70. The largest absolute Gasteiger partial charge is 0.483 e. The minimum atomic E-state index is -0.447. The van der Waals surface area contributed by atoms with Crippen molar-refractivity contribution in [2.24, 2.45) is 4.99 Å². The first-order valence-electron chi connectivity index (χ1n) is 3.83. The molecule has 0 aromatic heterocycles. The Hall–Kier alpha value is -1.09. The molecule has 0 aliphatic carbocycles. The van der Waals surface area contributed by atoms with E-state index in [2.05, 4.69) is 4.99 Å². The number of benzene rings is 1. The van der Waals surface area contributed by atoms with E-state index >= 15 is 0 Å². The minimum Gasteiger partial charge on any atom is -0.483 e. The molecule has 0 bridgehead atoms. The molecule has 2 nitrogen and oxygen atoms in total. The van der Waals surface area contributed by atoms with Crippen LogP contribution in [0.2, 0.25) is 5.02 Å². The van der Waals surface area contributed by atoms with Crippen LogP contribution in [0.1, 0.15) is 6.92 Å². The quantitative estimate of drug-likeness (QED) is 0.544. The summed E-state index contributed by atoms with van der Waals surface area (Å²) in [5.74, 6) is -0.447. The van der Waals surface area contributed by atoms with Gasteiger partial charge in [-0.1, -0.05) is 11.6 Å². The average Bonchev–Trinajstić information content (AvgIpc) is 2.12. The van der Waals surface area contributed by atoms with Crippen LogP contribution >= 0.6 is 11.6 Å². The van der Waals surface area contributed by atoms with Crippen molar-refractivity contribution in [2.75, 3.05) is 6.61 Å². The lowest BCUT2D eigenvalue weighted by atomic mass is 10.3. The second kappa shape index (κ2) is 4.82. The van der Waals surface area contributed by atoms with Gasteiger partial charge in [-0.25, -0.2) is 9.38 Å². The van der Waals surface area contributed by atoms with Crippen molar-refractivity contribution in [3.8, 4) is 0 Å². The van der Waals surface area contributed by atoms with Crippen molar-refractivity contribution in [3.63, 3.8) is 0 Å². The summed E-state index contributed by atoms with van der Waals surface area (Å²) in [5, 5.41) is 0.0612. The predicted octanol–water partition coefficient (Wildman–Crippen LogP) is 3.18. The van der Waals surface area contributed by atoms with E-state index in [-0.39, 0.29) is 5.02 Å². The molecule has 1 rings (SSSR count). The highest BCUT2D eigenvalue weighted by molar-refractivity contribution is 6.31. The van der Waals surface area contributed by atoms with Crippen LogP contribution in [0.25, 0.3) is 0 Å². The number of hydrogen-bond donors (Lipinski definition) is 0. The van der Waals surface area contributed by atoms with Crippen LogP contribution in [-0.2, 0) is 4.74 Å². The number of rotatable bonds is 3. The summed E-state index contributed by atoms with van der Waals surface area (Å²) in [4.78, 5) is 3.90. The SMILES string of the molecule is CCOC=Nc1ccc(F)c(Cl)c1. The van der Waals surface area contributed by atoms with Gasteiger partial charge in [0, 0.05) is 0 Å². The molecule has 1 aromatic rings. The first-order chi connectivity index (χ1) is 6.24. The van der Waals surface area contributed by atoms with E-state index in [0.717, 1.165) is 0 Å². The van der Waals surface area contributed by atoms with Crippen LogP contribution in [0.5, 0.6) is 0 Å². The third kappa shape index (κ3) is 3.03. The Morgan fingerprint density at radius 2 is 2.38 bits per heavy atom. The third-order valence-electron chi connectivity index (χ3n) is 1.35. The highest BCUT2D eigenvalue weighted by atomic mass is 35.5. The summed E-state index contributed by atoms with van der Waals surface area (Å²) in [6.45, 7) is 2.40. The van der Waals surface area contributed by atoms with Crippen molar-refractivity contribution in [1.29, 1.82) is 0 Å². The van der Waals surface area contributed by atoms with Crippen molar-refractivity contribution < 1.29 is 9.13 Å². The summed E-state index contributed by atoms with van der Waals surface area (Å²) in [6.07, 6.45) is 1.31. The standard InChI is InChI=1S/C9H9ClFNO/c1-2-13-6-12-7-3-4-9(11)8(10)5-7/h3-6H,2H2,1H3. The van der Waals surface area contributed by atoms with E-state index in [0.29, 0.717) is 12.3 Å². The van der Waals surface area contributed by atoms with Crippen LogP contribution in [-0.4, -0.2) is 13.0 Å². The molecule has 0 saturated carbocycles. The zero-order valence-corrected chi connectivity index (χ0v) is 7.88. The zero-order valence-electron chi connectivity index (χ0n) is 7.13. The number of aliphatic imine (C=N–C) groups is 1. The molecule has 0 heterocycles. The van der Waals surface area contributed by atoms with E-state index in [1.54, 1.807) is 0 Å². The van der Waals surface area contributed by atoms with E-state index < -0.39 is 5.82 Å². The van der Waals surface area contributed by atoms with Gasteiger partial charge >= 0.3 is 0 Å². The number of halogens is 2. The van der Waals surface area contributed by atoms with Crippen molar-refractivity contribution >= 4 is 23.7 Å². The van der Waals surface area contributed by atoms with E-state index in [9.17, 15) is 4.39 Å². The van der Waals surface area contributed by atoms with Crippen LogP contribution < -0.4 is 0 Å². The molecular formula is C9H9ClFNO. The van der Waals surface area contributed by atoms with Crippen molar-refractivity contribution in [2.45, 2.75) is 6.92 Å². The topological polar surface area (TPSA) is 21.6 Å². The fourth-order valence-electron chi connectivity index (χ4n) is 0.738. The fourth-order valence-corrected chi connectivity index (χ4v) is 0.913. The Bertz CT molecular complexity index is 314. The minimum absolute atomic E-state index is 0.0612. The van der Waals surface area contributed by atoms with E-state index in [1.165, 1.54) is 24.6 Å². The molecule has 0 N–H and O–H groups in total. The Balaban J connectivity index is 2.73. The maximum Gasteiger partial charge on any atom is 0.174 e. The van der Waals surface area contributed by atoms with Gasteiger partial charge in [0.1, 0.15) is 5.82 Å². The van der Waals surface area contributed by atoms with Gasteiger partial charge < -0.3 is 4.74 Å². The first-order valence-corrected chi connectivity index (χ1v) is 4.21. The highest BCUT2D eigenvalue weighted by Crippen LogP contribution is 2.20. The lowest BCUT2D eigenvalue weighted by molar-refractivity contribution is 0.344. The Labute approximate surface area is 81.0 Å². The summed E-state index contributed by atoms with van der Waals surface area (Å²) >= 11 is 5.54. The molecule has 0 aliphatic heterocycles. The fraction of sp³-hybridized carbons (Fsp3) is 0.222. The maximum absolute atomic E-state index is 12.7.